The minimum Gasteiger partial charge on any atom is -0.400 e. The standard InChI is InChI=1S/C9H16.C2H6.CH4O/c1-8(2)9-6-4-3-5-7-9;2*1-2/h9H,1,3-7H2,2H3;1-2H3;2H,1H3. The fourth-order valence-electron chi connectivity index (χ4n) is 1.60. The molecule has 0 saturated heterocycles. The Morgan fingerprint density at radius 1 is 1.08 bits per heavy atom. The van der Waals surface area contributed by atoms with Crippen molar-refractivity contribution in [3.05, 3.63) is 12.2 Å². The van der Waals surface area contributed by atoms with Crippen LogP contribution in [0.25, 0.3) is 0 Å². The van der Waals surface area contributed by atoms with Crippen molar-refractivity contribution in [2.45, 2.75) is 52.9 Å². The van der Waals surface area contributed by atoms with Crippen LogP contribution in [0, 0.1) is 5.92 Å². The second-order valence-corrected chi connectivity index (χ2v) is 3.18. The van der Waals surface area contributed by atoms with E-state index in [1.165, 1.54) is 37.7 Å². The molecule has 1 aliphatic carbocycles. The van der Waals surface area contributed by atoms with E-state index in [9.17, 15) is 0 Å². The SMILES string of the molecule is C=C(C)C1CCCCC1.CC.CO. The molecule has 0 radical (unpaired) electrons. The van der Waals surface area contributed by atoms with Gasteiger partial charge in [0.2, 0.25) is 0 Å². The summed E-state index contributed by atoms with van der Waals surface area (Å²) >= 11 is 0. The average Bonchev–Trinajstić information content (AvgIpc) is 2.25. The van der Waals surface area contributed by atoms with Crippen molar-refractivity contribution in [2.24, 2.45) is 5.92 Å². The summed E-state index contributed by atoms with van der Waals surface area (Å²) in [5.41, 5.74) is 1.40. The fourth-order valence-corrected chi connectivity index (χ4v) is 1.60. The van der Waals surface area contributed by atoms with Gasteiger partial charge in [-0.15, -0.1) is 0 Å². The van der Waals surface area contributed by atoms with Crippen LogP contribution in [0.3, 0.4) is 0 Å². The highest BCUT2D eigenvalue weighted by Gasteiger charge is 2.12. The highest BCUT2D eigenvalue weighted by Crippen LogP contribution is 2.27. The molecule has 1 nitrogen and oxygen atoms in total. The Bertz CT molecular complexity index is 102. The maximum absolute atomic E-state index is 7.00. The summed E-state index contributed by atoms with van der Waals surface area (Å²) in [5.74, 6) is 0.860. The van der Waals surface area contributed by atoms with Gasteiger partial charge in [-0.2, -0.15) is 0 Å². The van der Waals surface area contributed by atoms with Crippen LogP contribution < -0.4 is 0 Å². The van der Waals surface area contributed by atoms with Gasteiger partial charge in [-0.25, -0.2) is 0 Å². The highest BCUT2D eigenvalue weighted by atomic mass is 16.2. The molecule has 0 atom stereocenters. The summed E-state index contributed by atoms with van der Waals surface area (Å²) in [5, 5.41) is 7.00. The molecule has 0 aromatic carbocycles. The Balaban J connectivity index is 0. The number of hydrogen-bond acceptors (Lipinski definition) is 1. The largest absolute Gasteiger partial charge is 0.400 e. The lowest BCUT2D eigenvalue weighted by atomic mass is 9.85. The first kappa shape index (κ1) is 15.2. The number of hydrogen-bond donors (Lipinski definition) is 1. The van der Waals surface area contributed by atoms with Crippen molar-refractivity contribution in [1.29, 1.82) is 0 Å². The second kappa shape index (κ2) is 11.7. The van der Waals surface area contributed by atoms with E-state index in [0.29, 0.717) is 0 Å². The fraction of sp³-hybridized carbons (Fsp3) is 0.833. The molecule has 0 heterocycles. The molecule has 1 N–H and O–H groups in total. The smallest absolute Gasteiger partial charge is 0.0319 e. The predicted octanol–water partition coefficient (Wildman–Crippen LogP) is 3.78. The molecular formula is C12H26O. The molecule has 13 heavy (non-hydrogen) atoms. The van der Waals surface area contributed by atoms with Crippen LogP contribution in [0.15, 0.2) is 12.2 Å². The summed E-state index contributed by atoms with van der Waals surface area (Å²) in [7, 11) is 1.00. The van der Waals surface area contributed by atoms with E-state index in [1.54, 1.807) is 0 Å². The van der Waals surface area contributed by atoms with Gasteiger partial charge in [0.25, 0.3) is 0 Å². The zero-order chi connectivity index (χ0) is 10.7. The Kier molecular flexibility index (Phi) is 13.7. The molecule has 1 aliphatic rings. The first-order chi connectivity index (χ1) is 6.30. The van der Waals surface area contributed by atoms with Crippen molar-refractivity contribution in [2.75, 3.05) is 7.11 Å². The third-order valence-electron chi connectivity index (χ3n) is 2.30. The molecule has 1 fully saturated rings. The first-order valence-corrected chi connectivity index (χ1v) is 5.41. The molecular weight excluding hydrogens is 160 g/mol. The van der Waals surface area contributed by atoms with Crippen LogP contribution in [-0.2, 0) is 0 Å². The van der Waals surface area contributed by atoms with E-state index < -0.39 is 0 Å². The molecule has 0 aromatic heterocycles. The number of aliphatic hydroxyl groups excluding tert-OH is 1. The van der Waals surface area contributed by atoms with Crippen LogP contribution >= 0.6 is 0 Å². The van der Waals surface area contributed by atoms with Crippen molar-refractivity contribution in [1.82, 2.24) is 0 Å². The number of allylic oxidation sites excluding steroid dienone is 1. The second-order valence-electron chi connectivity index (χ2n) is 3.18. The molecule has 0 aliphatic heterocycles. The zero-order valence-electron chi connectivity index (χ0n) is 9.77. The third kappa shape index (κ3) is 8.04. The Morgan fingerprint density at radius 2 is 1.46 bits per heavy atom. The third-order valence-corrected chi connectivity index (χ3v) is 2.30. The van der Waals surface area contributed by atoms with E-state index in [2.05, 4.69) is 13.5 Å². The van der Waals surface area contributed by atoms with E-state index in [1.807, 2.05) is 13.8 Å². The minimum absolute atomic E-state index is 0.860. The van der Waals surface area contributed by atoms with Gasteiger partial charge in [0.15, 0.2) is 0 Å². The topological polar surface area (TPSA) is 20.2 Å². The van der Waals surface area contributed by atoms with Gasteiger partial charge in [-0.1, -0.05) is 45.3 Å². The summed E-state index contributed by atoms with van der Waals surface area (Å²) in [4.78, 5) is 0. The number of rotatable bonds is 1. The summed E-state index contributed by atoms with van der Waals surface area (Å²) < 4.78 is 0. The van der Waals surface area contributed by atoms with E-state index in [-0.39, 0.29) is 0 Å². The minimum atomic E-state index is 0.860. The van der Waals surface area contributed by atoms with Gasteiger partial charge >= 0.3 is 0 Å². The maximum Gasteiger partial charge on any atom is 0.0319 e. The molecule has 0 unspecified atom stereocenters. The van der Waals surface area contributed by atoms with E-state index >= 15 is 0 Å². The van der Waals surface area contributed by atoms with Gasteiger partial charge in [0, 0.05) is 7.11 Å². The van der Waals surface area contributed by atoms with Crippen molar-refractivity contribution in [3.63, 3.8) is 0 Å². The monoisotopic (exact) mass is 186 g/mol. The summed E-state index contributed by atoms with van der Waals surface area (Å²) in [6.07, 6.45) is 7.10. The molecule has 0 bridgehead atoms. The van der Waals surface area contributed by atoms with Crippen LogP contribution in [0.5, 0.6) is 0 Å². The van der Waals surface area contributed by atoms with Crippen LogP contribution in [0.4, 0.5) is 0 Å². The first-order valence-electron chi connectivity index (χ1n) is 5.41. The van der Waals surface area contributed by atoms with Crippen LogP contribution in [-0.4, -0.2) is 12.2 Å². The van der Waals surface area contributed by atoms with Crippen molar-refractivity contribution in [3.8, 4) is 0 Å². The predicted molar refractivity (Wildman–Crippen MR) is 60.9 cm³/mol. The lowest BCUT2D eigenvalue weighted by Gasteiger charge is -2.21. The molecule has 80 valence electrons. The Labute approximate surface area is 83.9 Å². The Hall–Kier alpha value is -0.300. The molecule has 1 saturated carbocycles. The Morgan fingerprint density at radius 3 is 1.69 bits per heavy atom. The average molecular weight is 186 g/mol. The van der Waals surface area contributed by atoms with E-state index in [0.717, 1.165) is 13.0 Å². The van der Waals surface area contributed by atoms with Gasteiger partial charge in [0.05, 0.1) is 0 Å². The van der Waals surface area contributed by atoms with Gasteiger partial charge in [-0.3, -0.25) is 0 Å². The van der Waals surface area contributed by atoms with E-state index in [4.69, 9.17) is 5.11 Å². The molecule has 0 amide bonds. The molecule has 1 rings (SSSR count). The highest BCUT2D eigenvalue weighted by molar-refractivity contribution is 4.96. The van der Waals surface area contributed by atoms with Gasteiger partial charge in [0.1, 0.15) is 0 Å². The quantitative estimate of drug-likeness (QED) is 0.618. The lowest BCUT2D eigenvalue weighted by molar-refractivity contribution is 0.399. The molecule has 0 aromatic rings. The normalized spacial score (nSPS) is 16.1. The molecule has 1 heteroatoms. The number of aliphatic hydroxyl groups is 1. The summed E-state index contributed by atoms with van der Waals surface area (Å²) in [6, 6.07) is 0. The maximum atomic E-state index is 7.00. The zero-order valence-corrected chi connectivity index (χ0v) is 9.77. The van der Waals surface area contributed by atoms with Crippen LogP contribution in [0.2, 0.25) is 0 Å². The van der Waals surface area contributed by atoms with Gasteiger partial charge in [-0.05, 0) is 25.7 Å². The van der Waals surface area contributed by atoms with Crippen LogP contribution in [0.1, 0.15) is 52.9 Å². The van der Waals surface area contributed by atoms with Gasteiger partial charge < -0.3 is 5.11 Å². The van der Waals surface area contributed by atoms with Crippen molar-refractivity contribution < 1.29 is 5.11 Å². The lowest BCUT2D eigenvalue weighted by Crippen LogP contribution is -2.05. The summed E-state index contributed by atoms with van der Waals surface area (Å²) in [6.45, 7) is 10.1. The van der Waals surface area contributed by atoms with Crippen molar-refractivity contribution >= 4 is 0 Å². The molecule has 0 spiro atoms.